The molecule has 1 unspecified atom stereocenters. The third-order valence-electron chi connectivity index (χ3n) is 4.53. The minimum Gasteiger partial charge on any atom is -0.479 e. The lowest BCUT2D eigenvalue weighted by Crippen LogP contribution is -2.59. The summed E-state index contributed by atoms with van der Waals surface area (Å²) in [5.74, 6) is -1.16. The number of ether oxygens (including phenoxy) is 1. The van der Waals surface area contributed by atoms with Gasteiger partial charge in [-0.15, -0.1) is 0 Å². The van der Waals surface area contributed by atoms with E-state index in [4.69, 9.17) is 9.84 Å². The maximum Gasteiger partial charge on any atom is 0.334 e. The number of sulfonamides is 1. The summed E-state index contributed by atoms with van der Waals surface area (Å²) < 4.78 is 34.3. The standard InChI is InChI=1S/C14H21N3O5S/c1-14(2)9-22-11(13(18)19)8-16(14)23(20,21)12-6-7-15-17(12)10-4-3-5-10/h6-7,10-11H,3-5,8-9H2,1-2H3,(H,18,19). The fourth-order valence-electron chi connectivity index (χ4n) is 2.92. The fourth-order valence-corrected chi connectivity index (χ4v) is 4.85. The SMILES string of the molecule is CC1(C)COC(C(=O)O)CN1S(=O)(=O)c1ccnn1C1CCC1. The Morgan fingerprint density at radius 3 is 2.70 bits per heavy atom. The molecule has 9 heteroatoms. The van der Waals surface area contributed by atoms with Crippen molar-refractivity contribution in [3.63, 3.8) is 0 Å². The second-order valence-electron chi connectivity index (χ2n) is 6.69. The van der Waals surface area contributed by atoms with Crippen molar-refractivity contribution in [2.45, 2.75) is 55.8 Å². The number of carboxylic acid groups (broad SMARTS) is 1. The van der Waals surface area contributed by atoms with E-state index in [-0.39, 0.29) is 24.2 Å². The van der Waals surface area contributed by atoms with Crippen LogP contribution in [0, 0.1) is 0 Å². The first-order valence-corrected chi connectivity index (χ1v) is 9.08. The Labute approximate surface area is 135 Å². The molecule has 2 fully saturated rings. The lowest BCUT2D eigenvalue weighted by Gasteiger charge is -2.43. The van der Waals surface area contributed by atoms with Crippen LogP contribution >= 0.6 is 0 Å². The van der Waals surface area contributed by atoms with Crippen LogP contribution in [0.2, 0.25) is 0 Å². The number of nitrogens with zero attached hydrogens (tertiary/aromatic N) is 3. The van der Waals surface area contributed by atoms with Crippen molar-refractivity contribution in [3.05, 3.63) is 12.3 Å². The van der Waals surface area contributed by atoms with Gasteiger partial charge in [-0.1, -0.05) is 0 Å². The monoisotopic (exact) mass is 343 g/mol. The van der Waals surface area contributed by atoms with Gasteiger partial charge >= 0.3 is 5.97 Å². The molecule has 0 amide bonds. The van der Waals surface area contributed by atoms with Crippen molar-refractivity contribution >= 4 is 16.0 Å². The average molecular weight is 343 g/mol. The van der Waals surface area contributed by atoms with Gasteiger partial charge in [0.15, 0.2) is 11.1 Å². The Morgan fingerprint density at radius 2 is 2.13 bits per heavy atom. The van der Waals surface area contributed by atoms with Gasteiger partial charge in [0.25, 0.3) is 10.0 Å². The molecule has 23 heavy (non-hydrogen) atoms. The molecule has 3 rings (SSSR count). The molecule has 128 valence electrons. The maximum absolute atomic E-state index is 13.1. The fraction of sp³-hybridized carbons (Fsp3) is 0.714. The molecular formula is C14H21N3O5S. The summed E-state index contributed by atoms with van der Waals surface area (Å²) in [6, 6.07) is 1.59. The van der Waals surface area contributed by atoms with Crippen LogP contribution in [0.3, 0.4) is 0 Å². The van der Waals surface area contributed by atoms with Gasteiger partial charge in [0.2, 0.25) is 0 Å². The van der Waals surface area contributed by atoms with E-state index in [0.29, 0.717) is 0 Å². The smallest absolute Gasteiger partial charge is 0.334 e. The Morgan fingerprint density at radius 1 is 1.43 bits per heavy atom. The van der Waals surface area contributed by atoms with Gasteiger partial charge in [0.1, 0.15) is 0 Å². The molecule has 1 saturated heterocycles. The van der Waals surface area contributed by atoms with Crippen LogP contribution < -0.4 is 0 Å². The van der Waals surface area contributed by atoms with Gasteiger partial charge in [-0.25, -0.2) is 17.9 Å². The van der Waals surface area contributed by atoms with Gasteiger partial charge in [-0.05, 0) is 39.2 Å². The van der Waals surface area contributed by atoms with Crippen molar-refractivity contribution in [2.24, 2.45) is 0 Å². The van der Waals surface area contributed by atoms with Gasteiger partial charge in [-0.2, -0.15) is 9.40 Å². The van der Waals surface area contributed by atoms with E-state index in [9.17, 15) is 13.2 Å². The number of aromatic nitrogens is 2. The van der Waals surface area contributed by atoms with Crippen molar-refractivity contribution in [1.29, 1.82) is 0 Å². The van der Waals surface area contributed by atoms with Crippen molar-refractivity contribution in [1.82, 2.24) is 14.1 Å². The number of carboxylic acids is 1. The van der Waals surface area contributed by atoms with E-state index in [0.717, 1.165) is 19.3 Å². The summed E-state index contributed by atoms with van der Waals surface area (Å²) in [4.78, 5) is 11.2. The first kappa shape index (κ1) is 16.4. The van der Waals surface area contributed by atoms with E-state index in [1.165, 1.54) is 16.6 Å². The molecular weight excluding hydrogens is 322 g/mol. The second kappa shape index (κ2) is 5.57. The van der Waals surface area contributed by atoms with Crippen molar-refractivity contribution in [2.75, 3.05) is 13.2 Å². The quantitative estimate of drug-likeness (QED) is 0.870. The van der Waals surface area contributed by atoms with Crippen LogP contribution in [0.1, 0.15) is 39.2 Å². The third kappa shape index (κ3) is 2.77. The molecule has 1 N–H and O–H groups in total. The van der Waals surface area contributed by atoms with E-state index < -0.39 is 27.6 Å². The third-order valence-corrected chi connectivity index (χ3v) is 6.60. The van der Waals surface area contributed by atoms with Crippen LogP contribution in [0.25, 0.3) is 0 Å². The van der Waals surface area contributed by atoms with Crippen LogP contribution in [0.5, 0.6) is 0 Å². The predicted octanol–water partition coefficient (Wildman–Crippen LogP) is 0.861. The number of hydrogen-bond acceptors (Lipinski definition) is 5. The summed E-state index contributed by atoms with van der Waals surface area (Å²) in [5, 5.41) is 13.4. The van der Waals surface area contributed by atoms with E-state index in [1.54, 1.807) is 18.5 Å². The number of carbonyl (C=O) groups is 1. The first-order valence-electron chi connectivity index (χ1n) is 7.64. The summed E-state index contributed by atoms with van der Waals surface area (Å²) in [6.07, 6.45) is 3.21. The molecule has 0 spiro atoms. The van der Waals surface area contributed by atoms with Crippen LogP contribution in [0.4, 0.5) is 0 Å². The van der Waals surface area contributed by atoms with Crippen molar-refractivity contribution in [3.8, 4) is 0 Å². The molecule has 0 radical (unpaired) electrons. The molecule has 1 aliphatic heterocycles. The van der Waals surface area contributed by atoms with Crippen LogP contribution in [-0.4, -0.2) is 58.4 Å². The molecule has 1 aromatic rings. The lowest BCUT2D eigenvalue weighted by atomic mass is 9.93. The van der Waals surface area contributed by atoms with Crippen molar-refractivity contribution < 1.29 is 23.1 Å². The topological polar surface area (TPSA) is 102 Å². The second-order valence-corrected chi connectivity index (χ2v) is 8.49. The lowest BCUT2D eigenvalue weighted by molar-refractivity contribution is -0.159. The summed E-state index contributed by atoms with van der Waals surface area (Å²) in [7, 11) is -3.85. The molecule has 1 atom stereocenters. The summed E-state index contributed by atoms with van der Waals surface area (Å²) >= 11 is 0. The minimum atomic E-state index is -3.85. The van der Waals surface area contributed by atoms with Gasteiger partial charge in [0.05, 0.1) is 30.9 Å². The minimum absolute atomic E-state index is 0.0285. The van der Waals surface area contributed by atoms with E-state index >= 15 is 0 Å². The summed E-state index contributed by atoms with van der Waals surface area (Å²) in [5.41, 5.74) is -0.820. The molecule has 2 aliphatic rings. The Bertz CT molecular complexity index is 708. The first-order chi connectivity index (χ1) is 10.7. The molecule has 1 aromatic heterocycles. The number of hydrogen-bond donors (Lipinski definition) is 1. The highest BCUT2D eigenvalue weighted by molar-refractivity contribution is 7.89. The predicted molar refractivity (Wildman–Crippen MR) is 80.5 cm³/mol. The molecule has 0 aromatic carbocycles. The highest BCUT2D eigenvalue weighted by atomic mass is 32.2. The Hall–Kier alpha value is -1.45. The molecule has 0 bridgehead atoms. The van der Waals surface area contributed by atoms with E-state index in [2.05, 4.69) is 5.10 Å². The van der Waals surface area contributed by atoms with Gasteiger partial charge in [0, 0.05) is 0 Å². The normalized spacial score (nSPS) is 25.9. The zero-order valence-corrected chi connectivity index (χ0v) is 14.0. The Balaban J connectivity index is 1.97. The number of aliphatic carboxylic acids is 1. The molecule has 1 aliphatic carbocycles. The maximum atomic E-state index is 13.1. The zero-order chi connectivity index (χ0) is 16.8. The average Bonchev–Trinajstić information content (AvgIpc) is 2.85. The van der Waals surface area contributed by atoms with E-state index in [1.807, 2.05) is 0 Å². The molecule has 2 heterocycles. The van der Waals surface area contributed by atoms with Gasteiger partial charge < -0.3 is 9.84 Å². The van der Waals surface area contributed by atoms with Crippen LogP contribution in [0.15, 0.2) is 17.3 Å². The highest BCUT2D eigenvalue weighted by Gasteiger charge is 2.46. The number of morpholine rings is 1. The molecule has 1 saturated carbocycles. The largest absolute Gasteiger partial charge is 0.479 e. The van der Waals surface area contributed by atoms with Gasteiger partial charge in [-0.3, -0.25) is 0 Å². The highest BCUT2D eigenvalue weighted by Crippen LogP contribution is 2.35. The zero-order valence-electron chi connectivity index (χ0n) is 13.2. The number of rotatable bonds is 4. The molecule has 8 nitrogen and oxygen atoms in total. The Kier molecular flexibility index (Phi) is 3.97. The van der Waals surface area contributed by atoms with Crippen LogP contribution in [-0.2, 0) is 19.6 Å². The summed E-state index contributed by atoms with van der Waals surface area (Å²) in [6.45, 7) is 3.28.